The smallest absolute Gasteiger partial charge is 0.310 e. The zero-order chi connectivity index (χ0) is 12.4. The van der Waals surface area contributed by atoms with E-state index in [4.69, 9.17) is 5.11 Å². The van der Waals surface area contributed by atoms with E-state index in [1.807, 2.05) is 19.9 Å². The first-order valence-corrected chi connectivity index (χ1v) is 6.12. The molecule has 2 N–H and O–H groups in total. The maximum Gasteiger partial charge on any atom is 0.310 e. The summed E-state index contributed by atoms with van der Waals surface area (Å²) in [5.41, 5.74) is -0.618. The molecule has 0 spiro atoms. The topological polar surface area (TPSA) is 49.3 Å². The average molecular weight is 227 g/mol. The summed E-state index contributed by atoms with van der Waals surface area (Å²) in [6.07, 6.45) is 6.77. The number of carboxylic acids is 1. The predicted octanol–water partition coefficient (Wildman–Crippen LogP) is 2.82. The van der Waals surface area contributed by atoms with Crippen LogP contribution >= 0.6 is 0 Å². The first-order chi connectivity index (χ1) is 7.56. The average Bonchev–Trinajstić information content (AvgIpc) is 2.23. The van der Waals surface area contributed by atoms with Crippen LogP contribution < -0.4 is 5.32 Å². The van der Waals surface area contributed by atoms with E-state index in [2.05, 4.69) is 11.9 Å². The summed E-state index contributed by atoms with van der Waals surface area (Å²) in [4.78, 5) is 11.1. The molecular weight excluding hydrogens is 202 g/mol. The van der Waals surface area contributed by atoms with Gasteiger partial charge in [-0.3, -0.25) is 4.79 Å². The second kappa shape index (κ2) is 8.34. The summed E-state index contributed by atoms with van der Waals surface area (Å²) in [6.45, 7) is 8.95. The van der Waals surface area contributed by atoms with Gasteiger partial charge in [-0.15, -0.1) is 6.58 Å². The van der Waals surface area contributed by atoms with Crippen LogP contribution in [0, 0.1) is 5.41 Å². The quantitative estimate of drug-likeness (QED) is 0.445. The van der Waals surface area contributed by atoms with Gasteiger partial charge in [-0.1, -0.05) is 19.4 Å². The van der Waals surface area contributed by atoms with E-state index in [1.54, 1.807) is 0 Å². The van der Waals surface area contributed by atoms with Crippen LogP contribution in [0.4, 0.5) is 0 Å². The lowest BCUT2D eigenvalue weighted by atomic mass is 9.85. The number of allylic oxidation sites excluding steroid dienone is 1. The van der Waals surface area contributed by atoms with Gasteiger partial charge in [0, 0.05) is 6.54 Å². The summed E-state index contributed by atoms with van der Waals surface area (Å²) in [6, 6.07) is 0. The zero-order valence-electron chi connectivity index (χ0n) is 10.6. The molecular formula is C13H25NO2. The predicted molar refractivity (Wildman–Crippen MR) is 67.6 cm³/mol. The van der Waals surface area contributed by atoms with Crippen molar-refractivity contribution in [2.45, 2.75) is 46.0 Å². The molecule has 0 aliphatic carbocycles. The van der Waals surface area contributed by atoms with Gasteiger partial charge in [-0.2, -0.15) is 0 Å². The van der Waals surface area contributed by atoms with Gasteiger partial charge in [0.1, 0.15) is 0 Å². The van der Waals surface area contributed by atoms with Gasteiger partial charge in [-0.05, 0) is 39.2 Å². The third-order valence-electron chi connectivity index (χ3n) is 2.85. The number of nitrogens with one attached hydrogen (secondary N) is 1. The molecule has 0 aromatic carbocycles. The molecule has 0 aromatic rings. The largest absolute Gasteiger partial charge is 0.481 e. The number of hydrogen-bond acceptors (Lipinski definition) is 2. The van der Waals surface area contributed by atoms with Gasteiger partial charge in [0.05, 0.1) is 5.41 Å². The van der Waals surface area contributed by atoms with Crippen molar-refractivity contribution in [2.24, 2.45) is 5.41 Å². The normalized spacial score (nSPS) is 14.4. The monoisotopic (exact) mass is 227 g/mol. The highest BCUT2D eigenvalue weighted by Crippen LogP contribution is 2.22. The Morgan fingerprint density at radius 2 is 2.19 bits per heavy atom. The Kier molecular flexibility index (Phi) is 7.90. The molecule has 0 rings (SSSR count). The molecule has 1 atom stereocenters. The minimum Gasteiger partial charge on any atom is -0.481 e. The SMILES string of the molecule is C=CCCCCNCC(C)(CCC)C(=O)O. The molecule has 0 bridgehead atoms. The lowest BCUT2D eigenvalue weighted by Crippen LogP contribution is -2.38. The third kappa shape index (κ3) is 5.91. The fourth-order valence-electron chi connectivity index (χ4n) is 1.73. The van der Waals surface area contributed by atoms with Gasteiger partial charge in [0.15, 0.2) is 0 Å². The number of unbranched alkanes of at least 4 members (excludes halogenated alkanes) is 2. The van der Waals surface area contributed by atoms with Crippen molar-refractivity contribution in [3.8, 4) is 0 Å². The Bertz CT molecular complexity index is 216. The summed E-state index contributed by atoms with van der Waals surface area (Å²) in [7, 11) is 0. The van der Waals surface area contributed by atoms with Gasteiger partial charge >= 0.3 is 5.97 Å². The van der Waals surface area contributed by atoms with Crippen molar-refractivity contribution in [1.82, 2.24) is 5.32 Å². The fraction of sp³-hybridized carbons (Fsp3) is 0.769. The molecule has 3 nitrogen and oxygen atoms in total. The number of hydrogen-bond donors (Lipinski definition) is 2. The van der Waals surface area contributed by atoms with Crippen LogP contribution in [0.15, 0.2) is 12.7 Å². The van der Waals surface area contributed by atoms with Crippen molar-refractivity contribution in [2.75, 3.05) is 13.1 Å². The van der Waals surface area contributed by atoms with Crippen LogP contribution in [0.5, 0.6) is 0 Å². The molecule has 16 heavy (non-hydrogen) atoms. The second-order valence-electron chi connectivity index (χ2n) is 4.58. The van der Waals surface area contributed by atoms with E-state index in [9.17, 15) is 4.79 Å². The van der Waals surface area contributed by atoms with E-state index < -0.39 is 11.4 Å². The Balaban J connectivity index is 3.77. The third-order valence-corrected chi connectivity index (χ3v) is 2.85. The van der Waals surface area contributed by atoms with E-state index in [1.165, 1.54) is 0 Å². The molecule has 0 saturated carbocycles. The molecule has 1 unspecified atom stereocenters. The van der Waals surface area contributed by atoms with Crippen molar-refractivity contribution in [1.29, 1.82) is 0 Å². The standard InChI is InChI=1S/C13H25NO2/c1-4-6-7-8-10-14-11-13(3,9-5-2)12(15)16/h4,14H,1,5-11H2,2-3H3,(H,15,16). The Morgan fingerprint density at radius 1 is 1.50 bits per heavy atom. The van der Waals surface area contributed by atoms with Crippen molar-refractivity contribution in [3.63, 3.8) is 0 Å². The van der Waals surface area contributed by atoms with Crippen LogP contribution in [0.1, 0.15) is 46.0 Å². The maximum atomic E-state index is 11.1. The molecule has 0 aliphatic rings. The van der Waals surface area contributed by atoms with Crippen molar-refractivity contribution in [3.05, 3.63) is 12.7 Å². The highest BCUT2D eigenvalue weighted by Gasteiger charge is 2.31. The second-order valence-corrected chi connectivity index (χ2v) is 4.58. The fourth-order valence-corrected chi connectivity index (χ4v) is 1.73. The first kappa shape index (κ1) is 15.2. The maximum absolute atomic E-state index is 11.1. The number of rotatable bonds is 10. The van der Waals surface area contributed by atoms with E-state index in [0.717, 1.165) is 38.6 Å². The van der Waals surface area contributed by atoms with E-state index in [-0.39, 0.29) is 0 Å². The zero-order valence-corrected chi connectivity index (χ0v) is 10.6. The lowest BCUT2D eigenvalue weighted by molar-refractivity contribution is -0.148. The van der Waals surface area contributed by atoms with Gasteiger partial charge in [0.25, 0.3) is 0 Å². The van der Waals surface area contributed by atoms with Gasteiger partial charge in [-0.25, -0.2) is 0 Å². The molecule has 94 valence electrons. The molecule has 0 saturated heterocycles. The number of carbonyl (C=O) groups is 1. The molecule has 0 aromatic heterocycles. The van der Waals surface area contributed by atoms with Crippen LogP contribution in [0.3, 0.4) is 0 Å². The highest BCUT2D eigenvalue weighted by molar-refractivity contribution is 5.74. The van der Waals surface area contributed by atoms with E-state index in [0.29, 0.717) is 6.54 Å². The van der Waals surface area contributed by atoms with E-state index >= 15 is 0 Å². The van der Waals surface area contributed by atoms with Crippen LogP contribution in [-0.4, -0.2) is 24.2 Å². The minimum atomic E-state index is -0.701. The number of aliphatic carboxylic acids is 1. The number of carboxylic acid groups (broad SMARTS) is 1. The first-order valence-electron chi connectivity index (χ1n) is 6.12. The highest BCUT2D eigenvalue weighted by atomic mass is 16.4. The summed E-state index contributed by atoms with van der Waals surface area (Å²) >= 11 is 0. The van der Waals surface area contributed by atoms with Crippen LogP contribution in [-0.2, 0) is 4.79 Å². The molecule has 0 heterocycles. The Hall–Kier alpha value is -0.830. The van der Waals surface area contributed by atoms with Crippen LogP contribution in [0.2, 0.25) is 0 Å². The summed E-state index contributed by atoms with van der Waals surface area (Å²) < 4.78 is 0. The van der Waals surface area contributed by atoms with Crippen LogP contribution in [0.25, 0.3) is 0 Å². The molecule has 0 aliphatic heterocycles. The molecule has 0 amide bonds. The Morgan fingerprint density at radius 3 is 2.69 bits per heavy atom. The Labute approximate surface area is 98.9 Å². The summed E-state index contributed by atoms with van der Waals surface area (Å²) in [5, 5.41) is 12.4. The minimum absolute atomic E-state index is 0.560. The molecule has 0 fully saturated rings. The lowest BCUT2D eigenvalue weighted by Gasteiger charge is -2.24. The molecule has 0 radical (unpaired) electrons. The van der Waals surface area contributed by atoms with Gasteiger partial charge < -0.3 is 10.4 Å². The molecule has 3 heteroatoms. The van der Waals surface area contributed by atoms with Crippen molar-refractivity contribution >= 4 is 5.97 Å². The van der Waals surface area contributed by atoms with Gasteiger partial charge in [0.2, 0.25) is 0 Å². The summed E-state index contributed by atoms with van der Waals surface area (Å²) in [5.74, 6) is -0.701. The van der Waals surface area contributed by atoms with Crippen molar-refractivity contribution < 1.29 is 9.90 Å².